The Balaban J connectivity index is 1.59. The summed E-state index contributed by atoms with van der Waals surface area (Å²) < 4.78 is 37.9. The summed E-state index contributed by atoms with van der Waals surface area (Å²) in [5.41, 5.74) is 0.00739. The van der Waals surface area contributed by atoms with E-state index in [1.54, 1.807) is 6.20 Å². The third kappa shape index (κ3) is 4.22. The molecule has 3 heterocycles. The van der Waals surface area contributed by atoms with Crippen LogP contribution in [0, 0.1) is 0 Å². The van der Waals surface area contributed by atoms with Crippen LogP contribution in [0.4, 0.5) is 30.5 Å². The van der Waals surface area contributed by atoms with E-state index in [4.69, 9.17) is 0 Å². The van der Waals surface area contributed by atoms with Gasteiger partial charge in [-0.05, 0) is 12.1 Å². The van der Waals surface area contributed by atoms with Crippen molar-refractivity contribution in [3.8, 4) is 0 Å². The minimum absolute atomic E-state index is 0.132. The standard InChI is InChI=1S/C17H18F3N5O/c1-12(26)23-14-3-5-16(22-11-14)25-8-6-24(7-9-25)15-4-2-13(10-21-15)17(18,19)20/h2-5,10-11H,6-9H2,1H3,(H,23,26)/p+2. The second kappa shape index (κ2) is 7.19. The van der Waals surface area contributed by atoms with Crippen LogP contribution in [0.2, 0.25) is 0 Å². The lowest BCUT2D eigenvalue weighted by atomic mass is 10.2. The van der Waals surface area contributed by atoms with E-state index in [-0.39, 0.29) is 5.91 Å². The molecule has 1 aliphatic heterocycles. The molecule has 0 radical (unpaired) electrons. The Bertz CT molecular complexity index is 753. The number of nitrogens with one attached hydrogen (secondary N) is 3. The number of anilines is 3. The smallest absolute Gasteiger partial charge is 0.323 e. The Kier molecular flexibility index (Phi) is 4.97. The SMILES string of the molecule is CC(=O)Nc1ccc(N2CCN(c3ccc(C(F)(F)F)c[nH+]3)CC2)[nH+]c1. The molecule has 0 atom stereocenters. The van der Waals surface area contributed by atoms with Crippen molar-refractivity contribution in [2.24, 2.45) is 0 Å². The molecule has 0 aromatic carbocycles. The zero-order chi connectivity index (χ0) is 18.7. The Hall–Kier alpha value is -2.84. The molecule has 0 saturated carbocycles. The molecule has 1 fully saturated rings. The van der Waals surface area contributed by atoms with Crippen molar-refractivity contribution < 1.29 is 27.9 Å². The third-order valence-electron chi connectivity index (χ3n) is 4.20. The summed E-state index contributed by atoms with van der Waals surface area (Å²) in [4.78, 5) is 21.1. The molecule has 9 heteroatoms. The van der Waals surface area contributed by atoms with Gasteiger partial charge in [-0.1, -0.05) is 0 Å². The predicted octanol–water partition coefficient (Wildman–Crippen LogP) is 1.62. The molecule has 1 amide bonds. The van der Waals surface area contributed by atoms with Crippen LogP contribution < -0.4 is 25.1 Å². The highest BCUT2D eigenvalue weighted by atomic mass is 19.4. The van der Waals surface area contributed by atoms with Crippen LogP contribution in [0.1, 0.15) is 12.5 Å². The molecule has 6 nitrogen and oxygen atoms in total. The quantitative estimate of drug-likeness (QED) is 0.897. The average Bonchev–Trinajstić information content (AvgIpc) is 2.61. The Labute approximate surface area is 148 Å². The molecule has 2 aromatic heterocycles. The van der Waals surface area contributed by atoms with Crippen LogP contribution in [0.5, 0.6) is 0 Å². The lowest BCUT2D eigenvalue weighted by Crippen LogP contribution is -2.49. The second-order valence-electron chi connectivity index (χ2n) is 6.08. The van der Waals surface area contributed by atoms with Crippen molar-refractivity contribution in [3.63, 3.8) is 0 Å². The lowest BCUT2D eigenvalue weighted by Gasteiger charge is -2.26. The molecule has 3 N–H and O–H groups in total. The van der Waals surface area contributed by atoms with Gasteiger partial charge in [0.25, 0.3) is 11.6 Å². The van der Waals surface area contributed by atoms with Gasteiger partial charge in [-0.2, -0.15) is 13.2 Å². The number of nitrogens with zero attached hydrogens (tertiary/aromatic N) is 2. The first-order chi connectivity index (χ1) is 12.3. The molecular formula is C17H20F3N5O+2. The predicted molar refractivity (Wildman–Crippen MR) is 89.7 cm³/mol. The first kappa shape index (κ1) is 18.0. The number of hydrogen-bond acceptors (Lipinski definition) is 3. The van der Waals surface area contributed by atoms with Crippen molar-refractivity contribution >= 4 is 23.2 Å². The molecule has 1 saturated heterocycles. The molecule has 2 aromatic rings. The van der Waals surface area contributed by atoms with E-state index in [1.165, 1.54) is 13.0 Å². The van der Waals surface area contributed by atoms with Gasteiger partial charge in [0.15, 0.2) is 0 Å². The Morgan fingerprint density at radius 1 is 0.962 bits per heavy atom. The molecule has 0 unspecified atom stereocenters. The number of aromatic nitrogens is 2. The first-order valence-corrected chi connectivity index (χ1v) is 8.21. The minimum atomic E-state index is -4.34. The fourth-order valence-electron chi connectivity index (χ4n) is 2.87. The van der Waals surface area contributed by atoms with Gasteiger partial charge in [0.1, 0.15) is 38.6 Å². The van der Waals surface area contributed by atoms with E-state index < -0.39 is 11.7 Å². The topological polar surface area (TPSA) is 63.9 Å². The van der Waals surface area contributed by atoms with Crippen molar-refractivity contribution in [1.82, 2.24) is 0 Å². The van der Waals surface area contributed by atoms with E-state index in [0.29, 0.717) is 24.6 Å². The number of piperazine rings is 1. The van der Waals surface area contributed by atoms with Crippen molar-refractivity contribution in [3.05, 3.63) is 42.2 Å². The second-order valence-corrected chi connectivity index (χ2v) is 6.08. The molecule has 0 aliphatic carbocycles. The molecule has 0 bridgehead atoms. The van der Waals surface area contributed by atoms with Gasteiger partial charge in [-0.15, -0.1) is 0 Å². The van der Waals surface area contributed by atoms with Crippen molar-refractivity contribution in [1.29, 1.82) is 0 Å². The van der Waals surface area contributed by atoms with Crippen LogP contribution in [-0.4, -0.2) is 32.1 Å². The summed E-state index contributed by atoms with van der Waals surface area (Å²) in [5, 5.41) is 2.70. The molecule has 26 heavy (non-hydrogen) atoms. The van der Waals surface area contributed by atoms with Crippen molar-refractivity contribution in [2.45, 2.75) is 13.1 Å². The largest absolute Gasteiger partial charge is 0.419 e. The van der Waals surface area contributed by atoms with E-state index in [9.17, 15) is 18.0 Å². The minimum Gasteiger partial charge on any atom is -0.323 e. The van der Waals surface area contributed by atoms with E-state index >= 15 is 0 Å². The van der Waals surface area contributed by atoms with Gasteiger partial charge in [0.05, 0.1) is 11.3 Å². The molecular weight excluding hydrogens is 347 g/mol. The molecule has 1 aliphatic rings. The maximum atomic E-state index is 12.6. The summed E-state index contributed by atoms with van der Waals surface area (Å²) >= 11 is 0. The molecule has 138 valence electrons. The average molecular weight is 367 g/mol. The number of rotatable bonds is 3. The maximum Gasteiger partial charge on any atom is 0.419 e. The zero-order valence-electron chi connectivity index (χ0n) is 14.2. The highest BCUT2D eigenvalue weighted by Crippen LogP contribution is 2.28. The number of halogens is 3. The lowest BCUT2D eigenvalue weighted by molar-refractivity contribution is -0.368. The Morgan fingerprint density at radius 2 is 1.50 bits per heavy atom. The molecule has 0 spiro atoms. The summed E-state index contributed by atoms with van der Waals surface area (Å²) in [6.07, 6.45) is -1.62. The number of amides is 1. The highest BCUT2D eigenvalue weighted by molar-refractivity contribution is 5.88. The van der Waals surface area contributed by atoms with Gasteiger partial charge >= 0.3 is 6.18 Å². The summed E-state index contributed by atoms with van der Waals surface area (Å²) in [6.45, 7) is 4.27. The van der Waals surface area contributed by atoms with Crippen LogP contribution >= 0.6 is 0 Å². The number of aromatic amines is 2. The fourth-order valence-corrected chi connectivity index (χ4v) is 2.87. The third-order valence-corrected chi connectivity index (χ3v) is 4.20. The van der Waals surface area contributed by atoms with Gasteiger partial charge in [-0.25, -0.2) is 9.97 Å². The van der Waals surface area contributed by atoms with E-state index in [0.717, 1.165) is 31.2 Å². The summed E-state index contributed by atoms with van der Waals surface area (Å²) in [7, 11) is 0. The number of carbonyl (C=O) groups excluding carboxylic acids is 1. The first-order valence-electron chi connectivity index (χ1n) is 8.21. The van der Waals surface area contributed by atoms with E-state index in [1.807, 2.05) is 17.0 Å². The van der Waals surface area contributed by atoms with Crippen molar-refractivity contribution in [2.75, 3.05) is 41.3 Å². The van der Waals surface area contributed by atoms with Crippen LogP contribution in [0.25, 0.3) is 0 Å². The maximum absolute atomic E-state index is 12.6. The summed E-state index contributed by atoms with van der Waals surface area (Å²) in [6, 6.07) is 6.27. The monoisotopic (exact) mass is 367 g/mol. The zero-order valence-corrected chi connectivity index (χ0v) is 14.2. The van der Waals surface area contributed by atoms with Gasteiger partial charge < -0.3 is 5.32 Å². The van der Waals surface area contributed by atoms with Gasteiger partial charge in [0.2, 0.25) is 5.91 Å². The van der Waals surface area contributed by atoms with Crippen LogP contribution in [0.3, 0.4) is 0 Å². The van der Waals surface area contributed by atoms with Crippen LogP contribution in [-0.2, 0) is 11.0 Å². The summed E-state index contributed by atoms with van der Waals surface area (Å²) in [5.74, 6) is 1.46. The number of hydrogen-bond donors (Lipinski definition) is 1. The molecule has 3 rings (SSSR count). The van der Waals surface area contributed by atoms with Gasteiger partial charge in [-0.3, -0.25) is 14.6 Å². The number of pyridine rings is 2. The van der Waals surface area contributed by atoms with Gasteiger partial charge in [0, 0.05) is 19.1 Å². The highest BCUT2D eigenvalue weighted by Gasteiger charge is 2.33. The number of H-pyrrole nitrogens is 2. The van der Waals surface area contributed by atoms with E-state index in [2.05, 4.69) is 20.2 Å². The van der Waals surface area contributed by atoms with Crippen LogP contribution in [0.15, 0.2) is 36.7 Å². The number of alkyl halides is 3. The normalized spacial score (nSPS) is 15.1. The Morgan fingerprint density at radius 3 is 1.88 bits per heavy atom. The fraction of sp³-hybridized carbons (Fsp3) is 0.353. The number of carbonyl (C=O) groups is 1.